The Kier molecular flexibility index (Phi) is 9.47. The first-order chi connectivity index (χ1) is 20.0. The highest BCUT2D eigenvalue weighted by Gasteiger charge is 2.37. The molecule has 3 aliphatic rings. The second-order valence-corrected chi connectivity index (χ2v) is 10.9. The summed E-state index contributed by atoms with van der Waals surface area (Å²) in [6.45, 7) is 3.66. The molecule has 2 bridgehead atoms. The molecule has 1 unspecified atom stereocenters. The number of fused-ring (bicyclic) bond motifs is 4. The SMILES string of the molecule is C/N=C(\C(=O)C1CCN2CCC1CC2)c1ccc(OCc2ccc(OC)cc2)c(OCc2ccc(OC)cc2)c1Cl. The molecule has 0 N–H and O–H groups in total. The minimum atomic E-state index is -0.0491. The number of aliphatic imine (C=N–C) groups is 1. The summed E-state index contributed by atoms with van der Waals surface area (Å²) in [5.41, 5.74) is 2.88. The first kappa shape index (κ1) is 29.0. The molecule has 3 aromatic carbocycles. The highest BCUT2D eigenvalue weighted by molar-refractivity contribution is 6.50. The van der Waals surface area contributed by atoms with Crippen LogP contribution < -0.4 is 18.9 Å². The predicted molar refractivity (Wildman–Crippen MR) is 161 cm³/mol. The molecule has 0 radical (unpaired) electrons. The minimum absolute atomic E-state index is 0.0491. The van der Waals surface area contributed by atoms with Crippen LogP contribution in [0.2, 0.25) is 5.02 Å². The molecule has 7 nitrogen and oxygen atoms in total. The molecule has 8 heteroatoms. The van der Waals surface area contributed by atoms with E-state index in [4.69, 9.17) is 30.5 Å². The van der Waals surface area contributed by atoms with Crippen molar-refractivity contribution in [2.45, 2.75) is 32.5 Å². The molecule has 0 aromatic heterocycles. The molecule has 0 spiro atoms. The van der Waals surface area contributed by atoms with E-state index >= 15 is 0 Å². The van der Waals surface area contributed by atoms with E-state index in [0.29, 0.717) is 40.3 Å². The molecule has 3 aromatic rings. The summed E-state index contributed by atoms with van der Waals surface area (Å²) in [7, 11) is 4.93. The van der Waals surface area contributed by atoms with Gasteiger partial charge in [0.05, 0.1) is 19.2 Å². The third kappa shape index (κ3) is 6.68. The Balaban J connectivity index is 1.42. The Morgan fingerprint density at radius 1 is 0.829 bits per heavy atom. The fourth-order valence-electron chi connectivity index (χ4n) is 5.75. The zero-order valence-corrected chi connectivity index (χ0v) is 24.7. The second-order valence-electron chi connectivity index (χ2n) is 10.5. The lowest BCUT2D eigenvalue weighted by Gasteiger charge is -2.28. The van der Waals surface area contributed by atoms with E-state index in [9.17, 15) is 4.79 Å². The molecule has 3 heterocycles. The Morgan fingerprint density at radius 3 is 1.95 bits per heavy atom. The van der Waals surface area contributed by atoms with E-state index in [0.717, 1.165) is 61.5 Å². The van der Waals surface area contributed by atoms with Crippen molar-refractivity contribution in [1.29, 1.82) is 0 Å². The van der Waals surface area contributed by atoms with Crippen LogP contribution in [0.3, 0.4) is 0 Å². The molecule has 0 amide bonds. The van der Waals surface area contributed by atoms with Crippen LogP contribution in [-0.2, 0) is 18.0 Å². The first-order valence-corrected chi connectivity index (χ1v) is 14.5. The second kappa shape index (κ2) is 13.4. The average Bonchev–Trinajstić information content (AvgIpc) is 3.35. The number of rotatable bonds is 11. The Hall–Kier alpha value is -3.55. The van der Waals surface area contributed by atoms with E-state index in [-0.39, 0.29) is 18.3 Å². The highest BCUT2D eigenvalue weighted by atomic mass is 35.5. The van der Waals surface area contributed by atoms with Crippen LogP contribution in [0.25, 0.3) is 0 Å². The summed E-state index contributed by atoms with van der Waals surface area (Å²) in [4.78, 5) is 20.8. The number of halogens is 1. The standard InChI is InChI=1S/C33H37ClN2O5/c1-35-31(32(37)27-16-19-36-17-14-24(27)15-18-36)28-12-13-29(40-20-22-4-8-25(38-2)9-5-22)33(30(28)34)41-21-23-6-10-26(39-3)11-7-23/h4-13,24,27H,14-21H2,1-3H3/b35-31-. The first-order valence-electron chi connectivity index (χ1n) is 14.1. The molecule has 3 fully saturated rings. The number of benzene rings is 3. The summed E-state index contributed by atoms with van der Waals surface area (Å²) < 4.78 is 23.0. The normalized spacial score (nSPS) is 20.3. The van der Waals surface area contributed by atoms with Crippen molar-refractivity contribution >= 4 is 23.1 Å². The number of nitrogens with zero attached hydrogens (tertiary/aromatic N) is 2. The van der Waals surface area contributed by atoms with Crippen LogP contribution in [0.5, 0.6) is 23.0 Å². The van der Waals surface area contributed by atoms with Crippen LogP contribution in [-0.4, -0.2) is 57.3 Å². The van der Waals surface area contributed by atoms with Gasteiger partial charge in [-0.05, 0) is 92.3 Å². The molecule has 0 aliphatic carbocycles. The zero-order chi connectivity index (χ0) is 28.8. The van der Waals surface area contributed by atoms with Gasteiger partial charge in [0.2, 0.25) is 0 Å². The number of ketones is 1. The molecule has 1 atom stereocenters. The van der Waals surface area contributed by atoms with Gasteiger partial charge in [0.1, 0.15) is 30.4 Å². The van der Waals surface area contributed by atoms with Crippen molar-refractivity contribution in [1.82, 2.24) is 4.90 Å². The van der Waals surface area contributed by atoms with E-state index in [1.54, 1.807) is 21.3 Å². The van der Waals surface area contributed by atoms with Gasteiger partial charge >= 0.3 is 0 Å². The molecule has 216 valence electrons. The highest BCUT2D eigenvalue weighted by Crippen LogP contribution is 2.41. The van der Waals surface area contributed by atoms with Crippen LogP contribution in [0.1, 0.15) is 36.0 Å². The van der Waals surface area contributed by atoms with Crippen LogP contribution in [0, 0.1) is 11.8 Å². The third-order valence-electron chi connectivity index (χ3n) is 8.16. The largest absolute Gasteiger partial charge is 0.497 e. The van der Waals surface area contributed by atoms with Gasteiger partial charge in [-0.3, -0.25) is 9.79 Å². The predicted octanol–water partition coefficient (Wildman–Crippen LogP) is 6.24. The lowest BCUT2D eigenvalue weighted by Crippen LogP contribution is -2.33. The maximum atomic E-state index is 13.9. The van der Waals surface area contributed by atoms with Gasteiger partial charge in [-0.25, -0.2) is 0 Å². The third-order valence-corrected chi connectivity index (χ3v) is 8.54. The topological polar surface area (TPSA) is 69.6 Å². The van der Waals surface area contributed by atoms with Gasteiger partial charge in [0.25, 0.3) is 0 Å². The lowest BCUT2D eigenvalue weighted by atomic mass is 9.80. The van der Waals surface area contributed by atoms with E-state index in [2.05, 4.69) is 9.89 Å². The van der Waals surface area contributed by atoms with Crippen molar-refractivity contribution in [3.8, 4) is 23.0 Å². The summed E-state index contributed by atoms with van der Waals surface area (Å²) in [5.74, 6) is 2.82. The monoisotopic (exact) mass is 576 g/mol. The van der Waals surface area contributed by atoms with E-state index < -0.39 is 0 Å². The van der Waals surface area contributed by atoms with Gasteiger partial charge in [-0.1, -0.05) is 35.9 Å². The number of piperidine rings is 1. The van der Waals surface area contributed by atoms with Gasteiger partial charge in [0, 0.05) is 18.5 Å². The lowest BCUT2D eigenvalue weighted by molar-refractivity contribution is -0.118. The van der Waals surface area contributed by atoms with Crippen LogP contribution >= 0.6 is 11.6 Å². The van der Waals surface area contributed by atoms with E-state index in [1.807, 2.05) is 60.7 Å². The Bertz CT molecular complexity index is 1370. The van der Waals surface area contributed by atoms with Gasteiger partial charge in [-0.15, -0.1) is 0 Å². The number of methoxy groups -OCH3 is 2. The van der Waals surface area contributed by atoms with Gasteiger partial charge in [0.15, 0.2) is 17.3 Å². The molecular formula is C33H37ClN2O5. The van der Waals surface area contributed by atoms with Crippen molar-refractivity contribution in [3.05, 3.63) is 82.4 Å². The zero-order valence-electron chi connectivity index (χ0n) is 23.9. The number of carbonyl (C=O) groups is 1. The van der Waals surface area contributed by atoms with Crippen molar-refractivity contribution in [2.24, 2.45) is 16.8 Å². The van der Waals surface area contributed by atoms with Crippen molar-refractivity contribution in [2.75, 3.05) is 40.9 Å². The number of ether oxygens (including phenoxy) is 4. The quantitative estimate of drug-likeness (QED) is 0.252. The molecule has 0 saturated carbocycles. The number of carbonyl (C=O) groups excluding carboxylic acids is 1. The van der Waals surface area contributed by atoms with Gasteiger partial charge < -0.3 is 23.8 Å². The number of hydrogen-bond donors (Lipinski definition) is 0. The van der Waals surface area contributed by atoms with Crippen LogP contribution in [0.4, 0.5) is 0 Å². The molecule has 3 aliphatic heterocycles. The number of hydrogen-bond acceptors (Lipinski definition) is 7. The summed E-state index contributed by atoms with van der Waals surface area (Å²) in [6.07, 6.45) is 2.95. The molecular weight excluding hydrogens is 540 g/mol. The fraction of sp³-hybridized carbons (Fsp3) is 0.394. The Morgan fingerprint density at radius 2 is 1.39 bits per heavy atom. The average molecular weight is 577 g/mol. The van der Waals surface area contributed by atoms with Crippen molar-refractivity contribution in [3.63, 3.8) is 0 Å². The maximum absolute atomic E-state index is 13.9. The molecule has 41 heavy (non-hydrogen) atoms. The minimum Gasteiger partial charge on any atom is -0.497 e. The number of Topliss-reactive ketones (excluding diaryl/α,β-unsaturated/α-hetero) is 1. The Labute approximate surface area is 247 Å². The summed E-state index contributed by atoms with van der Waals surface area (Å²) in [5, 5.41) is 0.321. The maximum Gasteiger partial charge on any atom is 0.184 e. The fourth-order valence-corrected chi connectivity index (χ4v) is 6.05. The molecule has 6 rings (SSSR count). The van der Waals surface area contributed by atoms with Gasteiger partial charge in [-0.2, -0.15) is 0 Å². The summed E-state index contributed by atoms with van der Waals surface area (Å²) in [6, 6.07) is 19.0. The molecule has 3 saturated heterocycles. The van der Waals surface area contributed by atoms with E-state index in [1.165, 1.54) is 0 Å². The smallest absolute Gasteiger partial charge is 0.184 e. The van der Waals surface area contributed by atoms with Crippen molar-refractivity contribution < 1.29 is 23.7 Å². The van der Waals surface area contributed by atoms with Crippen LogP contribution in [0.15, 0.2) is 65.7 Å². The summed E-state index contributed by atoms with van der Waals surface area (Å²) >= 11 is 7.03.